The van der Waals surface area contributed by atoms with Crippen LogP contribution in [-0.4, -0.2) is 27.2 Å². The van der Waals surface area contributed by atoms with Crippen LogP contribution in [0.25, 0.3) is 0 Å². The highest BCUT2D eigenvalue weighted by molar-refractivity contribution is 8.02. The summed E-state index contributed by atoms with van der Waals surface area (Å²) in [4.78, 5) is 27.3. The zero-order valence-corrected chi connectivity index (χ0v) is 13.1. The van der Waals surface area contributed by atoms with Crippen LogP contribution in [0.4, 0.5) is 0 Å². The van der Waals surface area contributed by atoms with Crippen LogP contribution in [0.5, 0.6) is 0 Å². The highest BCUT2D eigenvalue weighted by Crippen LogP contribution is 2.30. The van der Waals surface area contributed by atoms with Crippen molar-refractivity contribution < 1.29 is 19.1 Å². The van der Waals surface area contributed by atoms with Crippen molar-refractivity contribution >= 4 is 35.0 Å². The summed E-state index contributed by atoms with van der Waals surface area (Å²) in [5.74, 6) is -0.466. The molecule has 0 radical (unpaired) electrons. The van der Waals surface area contributed by atoms with Gasteiger partial charge in [0, 0.05) is 0 Å². The molecule has 0 spiro atoms. The first-order valence-electron chi connectivity index (χ1n) is 6.15. The van der Waals surface area contributed by atoms with E-state index in [0.717, 1.165) is 11.3 Å². The van der Waals surface area contributed by atoms with E-state index in [1.54, 1.807) is 32.2 Å². The summed E-state index contributed by atoms with van der Waals surface area (Å²) in [5, 5.41) is 11.4. The standard InChI is InChI=1S/C13H14N2O4S2/c1-7-10(12(17)18)21-13(15-7)20-8(2)11(16)14-6-9-4-3-5-19-9/h3-5,8H,6H2,1-2H3,(H,14,16)(H,17,18). The van der Waals surface area contributed by atoms with Crippen LogP contribution in [0, 0.1) is 6.92 Å². The Bertz CT molecular complexity index is 637. The number of hydrogen-bond donors (Lipinski definition) is 2. The van der Waals surface area contributed by atoms with E-state index in [9.17, 15) is 9.59 Å². The van der Waals surface area contributed by atoms with E-state index in [1.165, 1.54) is 11.8 Å². The number of thiazole rings is 1. The molecular weight excluding hydrogens is 312 g/mol. The molecular formula is C13H14N2O4S2. The number of aryl methyl sites for hydroxylation is 1. The number of nitrogens with zero attached hydrogens (tertiary/aromatic N) is 1. The van der Waals surface area contributed by atoms with Gasteiger partial charge in [-0.05, 0) is 26.0 Å². The van der Waals surface area contributed by atoms with Crippen LogP contribution >= 0.6 is 23.1 Å². The quantitative estimate of drug-likeness (QED) is 0.793. The van der Waals surface area contributed by atoms with Gasteiger partial charge in [0.05, 0.1) is 23.8 Å². The molecule has 2 N–H and O–H groups in total. The average molecular weight is 326 g/mol. The summed E-state index contributed by atoms with van der Waals surface area (Å²) in [6.45, 7) is 3.72. The Kier molecular flexibility index (Phi) is 5.03. The van der Waals surface area contributed by atoms with Crippen molar-refractivity contribution in [3.05, 3.63) is 34.7 Å². The number of rotatable bonds is 6. The van der Waals surface area contributed by atoms with Crippen molar-refractivity contribution in [2.75, 3.05) is 0 Å². The zero-order chi connectivity index (χ0) is 15.4. The second-order valence-electron chi connectivity index (χ2n) is 4.26. The lowest BCUT2D eigenvalue weighted by Crippen LogP contribution is -2.30. The minimum Gasteiger partial charge on any atom is -0.477 e. The number of carbonyl (C=O) groups excluding carboxylic acids is 1. The Hall–Kier alpha value is -1.80. The van der Waals surface area contributed by atoms with Gasteiger partial charge in [0.1, 0.15) is 10.6 Å². The smallest absolute Gasteiger partial charge is 0.347 e. The van der Waals surface area contributed by atoms with Crippen molar-refractivity contribution in [3.8, 4) is 0 Å². The largest absolute Gasteiger partial charge is 0.477 e. The number of carbonyl (C=O) groups is 2. The van der Waals surface area contributed by atoms with E-state index in [2.05, 4.69) is 10.3 Å². The molecule has 0 aliphatic rings. The van der Waals surface area contributed by atoms with Crippen molar-refractivity contribution in [1.29, 1.82) is 0 Å². The van der Waals surface area contributed by atoms with Gasteiger partial charge in [-0.25, -0.2) is 9.78 Å². The average Bonchev–Trinajstić information content (AvgIpc) is 3.05. The molecule has 2 rings (SSSR count). The van der Waals surface area contributed by atoms with Crippen molar-refractivity contribution in [2.24, 2.45) is 0 Å². The van der Waals surface area contributed by atoms with Gasteiger partial charge in [-0.1, -0.05) is 11.8 Å². The number of hydrogen-bond acceptors (Lipinski definition) is 6. The summed E-state index contributed by atoms with van der Waals surface area (Å²) in [6, 6.07) is 3.53. The molecule has 2 aromatic rings. The number of aromatic carboxylic acids is 1. The molecule has 0 aliphatic heterocycles. The SMILES string of the molecule is Cc1nc(SC(C)C(=O)NCc2ccco2)sc1C(=O)O. The van der Waals surface area contributed by atoms with Crippen LogP contribution in [-0.2, 0) is 11.3 Å². The first-order chi connectivity index (χ1) is 9.97. The van der Waals surface area contributed by atoms with Gasteiger partial charge in [0.25, 0.3) is 0 Å². The maximum Gasteiger partial charge on any atom is 0.347 e. The molecule has 0 saturated carbocycles. The highest BCUT2D eigenvalue weighted by atomic mass is 32.2. The van der Waals surface area contributed by atoms with E-state index in [0.29, 0.717) is 22.3 Å². The van der Waals surface area contributed by atoms with Crippen LogP contribution in [0.3, 0.4) is 0 Å². The molecule has 0 aliphatic carbocycles. The minimum atomic E-state index is -0.994. The molecule has 2 heterocycles. The highest BCUT2D eigenvalue weighted by Gasteiger charge is 2.19. The van der Waals surface area contributed by atoms with Crippen LogP contribution < -0.4 is 5.32 Å². The molecule has 0 aromatic carbocycles. The summed E-state index contributed by atoms with van der Waals surface area (Å²) >= 11 is 2.33. The number of furan rings is 1. The third-order valence-corrected chi connectivity index (χ3v) is 4.97. The number of carboxylic acid groups (broad SMARTS) is 1. The Labute approximate surface area is 129 Å². The van der Waals surface area contributed by atoms with Gasteiger partial charge >= 0.3 is 5.97 Å². The summed E-state index contributed by atoms with van der Waals surface area (Å²) in [6.07, 6.45) is 1.55. The number of thioether (sulfide) groups is 1. The zero-order valence-electron chi connectivity index (χ0n) is 11.5. The van der Waals surface area contributed by atoms with Gasteiger partial charge in [-0.15, -0.1) is 11.3 Å². The normalized spacial score (nSPS) is 12.1. The van der Waals surface area contributed by atoms with Gasteiger partial charge in [0.2, 0.25) is 5.91 Å². The predicted octanol–water partition coefficient (Wildman–Crippen LogP) is 2.54. The third-order valence-electron chi connectivity index (χ3n) is 2.63. The van der Waals surface area contributed by atoms with Crippen molar-refractivity contribution in [3.63, 3.8) is 0 Å². The summed E-state index contributed by atoms with van der Waals surface area (Å²) in [5.41, 5.74) is 0.471. The summed E-state index contributed by atoms with van der Waals surface area (Å²) in [7, 11) is 0. The van der Waals surface area contributed by atoms with E-state index >= 15 is 0 Å². The molecule has 2 aromatic heterocycles. The Morgan fingerprint density at radius 3 is 2.90 bits per heavy atom. The molecule has 1 unspecified atom stereocenters. The third kappa shape index (κ3) is 4.08. The first kappa shape index (κ1) is 15.6. The van der Waals surface area contributed by atoms with Gasteiger partial charge in [-0.3, -0.25) is 4.79 Å². The number of amides is 1. The maximum absolute atomic E-state index is 12.0. The molecule has 6 nitrogen and oxygen atoms in total. The van der Waals surface area contributed by atoms with Crippen LogP contribution in [0.1, 0.15) is 28.0 Å². The van der Waals surface area contributed by atoms with E-state index < -0.39 is 5.97 Å². The van der Waals surface area contributed by atoms with Gasteiger partial charge < -0.3 is 14.8 Å². The van der Waals surface area contributed by atoms with Gasteiger partial charge in [0.15, 0.2) is 4.34 Å². The maximum atomic E-state index is 12.0. The number of nitrogens with one attached hydrogen (secondary N) is 1. The lowest BCUT2D eigenvalue weighted by Gasteiger charge is -2.09. The fourth-order valence-corrected chi connectivity index (χ4v) is 3.75. The van der Waals surface area contributed by atoms with Gasteiger partial charge in [-0.2, -0.15) is 0 Å². The monoisotopic (exact) mass is 326 g/mol. The molecule has 1 amide bonds. The minimum absolute atomic E-state index is 0.152. The second-order valence-corrected chi connectivity index (χ2v) is 6.84. The molecule has 0 saturated heterocycles. The fraction of sp³-hybridized carbons (Fsp3) is 0.308. The molecule has 1 atom stereocenters. The molecule has 0 fully saturated rings. The Morgan fingerprint density at radius 1 is 1.57 bits per heavy atom. The van der Waals surface area contributed by atoms with Crippen LogP contribution in [0.15, 0.2) is 27.2 Å². The predicted molar refractivity (Wildman–Crippen MR) is 79.7 cm³/mol. The molecule has 0 bridgehead atoms. The Morgan fingerprint density at radius 2 is 2.33 bits per heavy atom. The molecule has 8 heteroatoms. The lowest BCUT2D eigenvalue weighted by atomic mass is 10.4. The molecule has 112 valence electrons. The topological polar surface area (TPSA) is 92.4 Å². The van der Waals surface area contributed by atoms with E-state index in [1.807, 2.05) is 0 Å². The second kappa shape index (κ2) is 6.77. The van der Waals surface area contributed by atoms with Crippen LogP contribution in [0.2, 0.25) is 0 Å². The van der Waals surface area contributed by atoms with E-state index in [-0.39, 0.29) is 16.0 Å². The number of carboxylic acids is 1. The van der Waals surface area contributed by atoms with Crippen molar-refractivity contribution in [2.45, 2.75) is 30.0 Å². The van der Waals surface area contributed by atoms with E-state index in [4.69, 9.17) is 9.52 Å². The first-order valence-corrected chi connectivity index (χ1v) is 7.84. The lowest BCUT2D eigenvalue weighted by molar-refractivity contribution is -0.120. The number of aromatic nitrogens is 1. The Balaban J connectivity index is 1.91. The molecule has 21 heavy (non-hydrogen) atoms. The summed E-state index contributed by atoms with van der Waals surface area (Å²) < 4.78 is 5.70. The fourth-order valence-electron chi connectivity index (χ4n) is 1.56. The van der Waals surface area contributed by atoms with Crippen molar-refractivity contribution in [1.82, 2.24) is 10.3 Å².